The molecule has 1 aliphatic rings. The smallest absolute Gasteiger partial charge is 0.407 e. The number of benzene rings is 3. The summed E-state index contributed by atoms with van der Waals surface area (Å²) in [6, 6.07) is 19.6. The lowest BCUT2D eigenvalue weighted by Crippen LogP contribution is -2.26. The molecule has 0 radical (unpaired) electrons. The zero-order chi connectivity index (χ0) is 22.5. The van der Waals surface area contributed by atoms with Gasteiger partial charge in [0, 0.05) is 18.9 Å². The van der Waals surface area contributed by atoms with Crippen LogP contribution in [0.3, 0.4) is 0 Å². The number of fused-ring (bicyclic) bond motifs is 3. The maximum absolute atomic E-state index is 13.7. The fourth-order valence-electron chi connectivity index (χ4n) is 3.79. The minimum atomic E-state index is -1.15. The number of alkyl carbamates (subject to hydrolysis) is 1. The van der Waals surface area contributed by atoms with Crippen molar-refractivity contribution in [2.75, 3.05) is 13.2 Å². The Morgan fingerprint density at radius 3 is 2.31 bits per heavy atom. The number of nitrogens with one attached hydrogen (secondary N) is 1. The lowest BCUT2D eigenvalue weighted by molar-refractivity contribution is 0.0696. The largest absolute Gasteiger partial charge is 0.478 e. The summed E-state index contributed by atoms with van der Waals surface area (Å²) in [5, 5.41) is 11.6. The van der Waals surface area contributed by atoms with Crippen LogP contribution in [-0.4, -0.2) is 30.3 Å². The number of hydrogen-bond acceptors (Lipinski definition) is 3. The van der Waals surface area contributed by atoms with Crippen LogP contribution in [0.4, 0.5) is 9.18 Å². The third-order valence-electron chi connectivity index (χ3n) is 5.30. The van der Waals surface area contributed by atoms with Crippen molar-refractivity contribution < 1.29 is 23.8 Å². The van der Waals surface area contributed by atoms with Crippen LogP contribution in [-0.2, 0) is 4.74 Å². The van der Waals surface area contributed by atoms with E-state index in [9.17, 15) is 14.0 Å². The van der Waals surface area contributed by atoms with Crippen molar-refractivity contribution in [3.05, 3.63) is 94.8 Å². The lowest BCUT2D eigenvalue weighted by Gasteiger charge is -2.14. The normalized spacial score (nSPS) is 11.7. The van der Waals surface area contributed by atoms with Crippen LogP contribution < -0.4 is 5.32 Å². The molecule has 3 aromatic carbocycles. The van der Waals surface area contributed by atoms with Gasteiger partial charge in [-0.05, 0) is 40.5 Å². The molecule has 3 aromatic rings. The van der Waals surface area contributed by atoms with Gasteiger partial charge in [-0.15, -0.1) is 0 Å². The molecule has 0 fully saturated rings. The van der Waals surface area contributed by atoms with Gasteiger partial charge in [-0.25, -0.2) is 14.0 Å². The molecular formula is C26H20FNO4. The first-order valence-corrected chi connectivity index (χ1v) is 10.1. The third-order valence-corrected chi connectivity index (χ3v) is 5.30. The van der Waals surface area contributed by atoms with E-state index in [0.717, 1.165) is 28.3 Å². The summed E-state index contributed by atoms with van der Waals surface area (Å²) in [4.78, 5) is 23.1. The molecule has 1 amide bonds. The van der Waals surface area contributed by atoms with Crippen molar-refractivity contribution in [2.24, 2.45) is 0 Å². The molecule has 0 unspecified atom stereocenters. The topological polar surface area (TPSA) is 75.6 Å². The number of aromatic carboxylic acids is 1. The van der Waals surface area contributed by atoms with E-state index in [0.29, 0.717) is 0 Å². The van der Waals surface area contributed by atoms with E-state index >= 15 is 0 Å². The Balaban J connectivity index is 1.30. The van der Waals surface area contributed by atoms with E-state index < -0.39 is 17.9 Å². The van der Waals surface area contributed by atoms with Gasteiger partial charge in [0.2, 0.25) is 0 Å². The highest BCUT2D eigenvalue weighted by atomic mass is 19.1. The van der Waals surface area contributed by atoms with Crippen LogP contribution in [0, 0.1) is 17.7 Å². The molecule has 0 bridgehead atoms. The van der Waals surface area contributed by atoms with Crippen LogP contribution in [0.15, 0.2) is 66.7 Å². The van der Waals surface area contributed by atoms with E-state index in [1.165, 1.54) is 12.1 Å². The summed E-state index contributed by atoms with van der Waals surface area (Å²) in [5.74, 6) is 3.58. The quantitative estimate of drug-likeness (QED) is 0.451. The second-order valence-electron chi connectivity index (χ2n) is 7.30. The zero-order valence-electron chi connectivity index (χ0n) is 17.1. The number of hydrogen-bond donors (Lipinski definition) is 2. The number of ether oxygens (including phenoxy) is 1. The van der Waals surface area contributed by atoms with Crippen molar-refractivity contribution in [3.8, 4) is 23.0 Å². The molecule has 0 saturated heterocycles. The molecule has 5 nitrogen and oxygen atoms in total. The summed E-state index contributed by atoms with van der Waals surface area (Å²) in [6.45, 7) is 0.447. The average Bonchev–Trinajstić information content (AvgIpc) is 3.12. The van der Waals surface area contributed by atoms with Crippen LogP contribution in [0.2, 0.25) is 0 Å². The van der Waals surface area contributed by atoms with Crippen LogP contribution in [0.5, 0.6) is 0 Å². The van der Waals surface area contributed by atoms with Crippen LogP contribution in [0.1, 0.15) is 39.4 Å². The Morgan fingerprint density at radius 2 is 1.66 bits per heavy atom. The number of amides is 1. The van der Waals surface area contributed by atoms with E-state index in [-0.39, 0.29) is 36.6 Å². The predicted molar refractivity (Wildman–Crippen MR) is 118 cm³/mol. The number of carboxylic acid groups (broad SMARTS) is 1. The molecule has 4 rings (SSSR count). The highest BCUT2D eigenvalue weighted by Crippen LogP contribution is 2.44. The minimum Gasteiger partial charge on any atom is -0.478 e. The fraction of sp³-hybridized carbons (Fsp3) is 0.154. The van der Waals surface area contributed by atoms with E-state index in [4.69, 9.17) is 9.84 Å². The average molecular weight is 429 g/mol. The van der Waals surface area contributed by atoms with Crippen molar-refractivity contribution >= 4 is 12.1 Å². The monoisotopic (exact) mass is 429 g/mol. The molecule has 0 aliphatic heterocycles. The van der Waals surface area contributed by atoms with Gasteiger partial charge in [0.15, 0.2) is 0 Å². The maximum Gasteiger partial charge on any atom is 0.407 e. The summed E-state index contributed by atoms with van der Waals surface area (Å²) in [5.41, 5.74) is 4.56. The van der Waals surface area contributed by atoms with Gasteiger partial charge in [-0.3, -0.25) is 0 Å². The highest BCUT2D eigenvalue weighted by Gasteiger charge is 2.28. The SMILES string of the molecule is O=C(NCCC#Cc1cc(C(=O)O)ccc1F)OCC1c2ccccc2-c2ccccc21. The number of carbonyl (C=O) groups excluding carboxylic acids is 1. The molecule has 0 atom stereocenters. The minimum absolute atomic E-state index is 0.00559. The van der Waals surface area contributed by atoms with Crippen molar-refractivity contribution in [2.45, 2.75) is 12.3 Å². The molecular weight excluding hydrogens is 409 g/mol. The van der Waals surface area contributed by atoms with Gasteiger partial charge in [0.05, 0.1) is 11.1 Å². The van der Waals surface area contributed by atoms with Gasteiger partial charge >= 0.3 is 12.1 Å². The number of halogens is 1. The zero-order valence-corrected chi connectivity index (χ0v) is 17.1. The van der Waals surface area contributed by atoms with E-state index in [1.54, 1.807) is 0 Å². The van der Waals surface area contributed by atoms with E-state index in [1.807, 2.05) is 24.3 Å². The first-order valence-electron chi connectivity index (χ1n) is 10.1. The number of rotatable bonds is 5. The summed E-state index contributed by atoms with van der Waals surface area (Å²) in [6.07, 6.45) is -0.284. The van der Waals surface area contributed by atoms with Gasteiger partial charge in [-0.2, -0.15) is 0 Å². The Hall–Kier alpha value is -4.11. The lowest BCUT2D eigenvalue weighted by atomic mass is 9.98. The van der Waals surface area contributed by atoms with E-state index in [2.05, 4.69) is 41.4 Å². The van der Waals surface area contributed by atoms with Crippen LogP contribution >= 0.6 is 0 Å². The molecule has 1 aliphatic carbocycles. The summed E-state index contributed by atoms with van der Waals surface area (Å²) < 4.78 is 19.2. The standard InChI is InChI=1S/C26H20FNO4/c27-24-13-12-18(25(29)30)15-17(24)7-5-6-14-28-26(31)32-16-23-21-10-3-1-8-19(21)20-9-2-4-11-22(20)23/h1-4,8-13,15,23H,6,14,16H2,(H,28,31)(H,29,30). The van der Waals surface area contributed by atoms with Gasteiger partial charge in [0.1, 0.15) is 12.4 Å². The first-order chi connectivity index (χ1) is 15.5. The van der Waals surface area contributed by atoms with Crippen molar-refractivity contribution in [1.82, 2.24) is 5.32 Å². The second-order valence-corrected chi connectivity index (χ2v) is 7.30. The second kappa shape index (κ2) is 9.36. The maximum atomic E-state index is 13.7. The Bertz CT molecular complexity index is 1200. The Morgan fingerprint density at radius 1 is 1.00 bits per heavy atom. The summed E-state index contributed by atoms with van der Waals surface area (Å²) in [7, 11) is 0. The van der Waals surface area contributed by atoms with Gasteiger partial charge in [-0.1, -0.05) is 60.4 Å². The van der Waals surface area contributed by atoms with Crippen molar-refractivity contribution in [1.29, 1.82) is 0 Å². The van der Waals surface area contributed by atoms with Gasteiger partial charge in [0.25, 0.3) is 0 Å². The van der Waals surface area contributed by atoms with Crippen LogP contribution in [0.25, 0.3) is 11.1 Å². The summed E-state index contributed by atoms with van der Waals surface area (Å²) >= 11 is 0. The fourth-order valence-corrected chi connectivity index (χ4v) is 3.79. The molecule has 0 saturated carbocycles. The molecule has 0 heterocycles. The molecule has 0 aromatic heterocycles. The third kappa shape index (κ3) is 4.47. The molecule has 160 valence electrons. The number of carbonyl (C=O) groups is 2. The Labute approximate surface area is 184 Å². The van der Waals surface area contributed by atoms with Gasteiger partial charge < -0.3 is 15.2 Å². The highest BCUT2D eigenvalue weighted by molar-refractivity contribution is 5.88. The molecule has 2 N–H and O–H groups in total. The predicted octanol–water partition coefficient (Wildman–Crippen LogP) is 4.80. The molecule has 6 heteroatoms. The van der Waals surface area contributed by atoms with Crippen molar-refractivity contribution in [3.63, 3.8) is 0 Å². The molecule has 0 spiro atoms. The molecule has 32 heavy (non-hydrogen) atoms. The number of carboxylic acids is 1. The first kappa shape index (κ1) is 21.1. The Kier molecular flexibility index (Phi) is 6.18.